The lowest BCUT2D eigenvalue weighted by Crippen LogP contribution is -2.17. The summed E-state index contributed by atoms with van der Waals surface area (Å²) in [6, 6.07) is 3.68. The van der Waals surface area contributed by atoms with Gasteiger partial charge in [0.05, 0.1) is 11.7 Å². The van der Waals surface area contributed by atoms with Gasteiger partial charge in [0.2, 0.25) is 0 Å². The number of aromatic amines is 1. The van der Waals surface area contributed by atoms with E-state index in [1.165, 1.54) is 4.52 Å². The summed E-state index contributed by atoms with van der Waals surface area (Å²) in [5.74, 6) is 0. The van der Waals surface area contributed by atoms with Crippen LogP contribution in [0.2, 0.25) is 0 Å². The molecule has 15 heavy (non-hydrogen) atoms. The molecule has 74 valence electrons. The number of rotatable bonds is 0. The Morgan fingerprint density at radius 1 is 1.47 bits per heavy atom. The van der Waals surface area contributed by atoms with Crippen molar-refractivity contribution in [2.45, 2.75) is 0 Å². The first-order chi connectivity index (χ1) is 7.25. The third-order valence-corrected chi connectivity index (χ3v) is 2.62. The Hall–Kier alpha value is -1.69. The van der Waals surface area contributed by atoms with Gasteiger partial charge in [0.15, 0.2) is 0 Å². The van der Waals surface area contributed by atoms with E-state index in [1.54, 1.807) is 18.5 Å². The van der Waals surface area contributed by atoms with E-state index in [9.17, 15) is 4.79 Å². The summed E-state index contributed by atoms with van der Waals surface area (Å²) in [6.07, 6.45) is 3.23. The fourth-order valence-electron chi connectivity index (χ4n) is 1.56. The molecule has 5 nitrogen and oxygen atoms in total. The lowest BCUT2D eigenvalue weighted by molar-refractivity contribution is 0.878. The molecule has 0 aromatic carbocycles. The van der Waals surface area contributed by atoms with E-state index >= 15 is 0 Å². The Morgan fingerprint density at radius 3 is 3.20 bits per heavy atom. The molecule has 0 bridgehead atoms. The Bertz CT molecular complexity index is 715. The molecule has 0 spiro atoms. The van der Waals surface area contributed by atoms with E-state index in [0.29, 0.717) is 5.65 Å². The fourth-order valence-corrected chi connectivity index (χ4v) is 1.89. The number of halogens is 1. The zero-order chi connectivity index (χ0) is 10.4. The molecule has 3 rings (SSSR count). The van der Waals surface area contributed by atoms with Gasteiger partial charge >= 0.3 is 5.69 Å². The van der Waals surface area contributed by atoms with E-state index < -0.39 is 0 Å². The van der Waals surface area contributed by atoms with Gasteiger partial charge in [0, 0.05) is 16.1 Å². The molecule has 0 aliphatic rings. The van der Waals surface area contributed by atoms with Crippen molar-refractivity contribution in [2.75, 3.05) is 0 Å². The normalized spacial score (nSPS) is 11.3. The van der Waals surface area contributed by atoms with Crippen LogP contribution in [0, 0.1) is 0 Å². The van der Waals surface area contributed by atoms with Gasteiger partial charge in [-0.05, 0) is 28.1 Å². The minimum Gasteiger partial charge on any atom is -0.290 e. The largest absolute Gasteiger partial charge is 0.348 e. The van der Waals surface area contributed by atoms with Crippen LogP contribution in [0.5, 0.6) is 0 Å². The third kappa shape index (κ3) is 1.18. The summed E-state index contributed by atoms with van der Waals surface area (Å²) in [7, 11) is 0. The van der Waals surface area contributed by atoms with Gasteiger partial charge in [-0.3, -0.25) is 4.98 Å². The molecule has 0 radical (unpaired) electrons. The monoisotopic (exact) mass is 264 g/mol. The first-order valence-electron chi connectivity index (χ1n) is 4.27. The summed E-state index contributed by atoms with van der Waals surface area (Å²) in [5.41, 5.74) is 1.04. The Balaban J connectivity index is 2.67. The predicted octanol–water partition coefficient (Wildman–Crippen LogP) is 1.33. The Labute approximate surface area is 91.9 Å². The van der Waals surface area contributed by atoms with E-state index in [1.807, 2.05) is 6.07 Å². The highest BCUT2D eigenvalue weighted by Gasteiger charge is 2.05. The second-order valence-electron chi connectivity index (χ2n) is 3.11. The van der Waals surface area contributed by atoms with Gasteiger partial charge in [-0.25, -0.2) is 9.78 Å². The average Bonchev–Trinajstić information content (AvgIpc) is 2.69. The Morgan fingerprint density at radius 2 is 2.33 bits per heavy atom. The molecule has 0 saturated carbocycles. The van der Waals surface area contributed by atoms with Crippen LogP contribution < -0.4 is 5.69 Å². The van der Waals surface area contributed by atoms with Gasteiger partial charge in [-0.15, -0.1) is 0 Å². The highest BCUT2D eigenvalue weighted by molar-refractivity contribution is 9.10. The van der Waals surface area contributed by atoms with Crippen molar-refractivity contribution in [1.29, 1.82) is 0 Å². The highest BCUT2D eigenvalue weighted by Crippen LogP contribution is 2.18. The maximum Gasteiger partial charge on any atom is 0.348 e. The lowest BCUT2D eigenvalue weighted by atomic mass is 10.3. The van der Waals surface area contributed by atoms with Gasteiger partial charge < -0.3 is 0 Å². The minimum atomic E-state index is -0.280. The Kier molecular flexibility index (Phi) is 1.66. The van der Waals surface area contributed by atoms with Crippen LogP contribution in [-0.4, -0.2) is 19.6 Å². The topological polar surface area (TPSA) is 63.0 Å². The van der Waals surface area contributed by atoms with E-state index in [2.05, 4.69) is 31.0 Å². The molecule has 0 aliphatic carbocycles. The molecular weight excluding hydrogens is 260 g/mol. The molecule has 3 aromatic rings. The van der Waals surface area contributed by atoms with Gasteiger partial charge in [-0.2, -0.15) is 9.61 Å². The van der Waals surface area contributed by atoms with Crippen LogP contribution >= 0.6 is 15.9 Å². The van der Waals surface area contributed by atoms with Crippen LogP contribution in [-0.2, 0) is 0 Å². The number of aromatic nitrogens is 4. The number of fused-ring (bicyclic) bond motifs is 3. The second-order valence-corrected chi connectivity index (χ2v) is 4.02. The summed E-state index contributed by atoms with van der Waals surface area (Å²) in [6.45, 7) is 0. The van der Waals surface area contributed by atoms with Gasteiger partial charge in [0.1, 0.15) is 5.65 Å². The van der Waals surface area contributed by atoms with Crippen molar-refractivity contribution in [1.82, 2.24) is 19.6 Å². The van der Waals surface area contributed by atoms with Gasteiger partial charge in [-0.1, -0.05) is 0 Å². The average molecular weight is 265 g/mol. The molecule has 3 aromatic heterocycles. The quantitative estimate of drug-likeness (QED) is 0.667. The summed E-state index contributed by atoms with van der Waals surface area (Å²) in [5, 5.41) is 4.79. The van der Waals surface area contributed by atoms with Crippen LogP contribution in [0.1, 0.15) is 0 Å². The smallest absolute Gasteiger partial charge is 0.290 e. The number of nitrogens with zero attached hydrogens (tertiary/aromatic N) is 3. The summed E-state index contributed by atoms with van der Waals surface area (Å²) >= 11 is 3.34. The molecule has 0 aliphatic heterocycles. The van der Waals surface area contributed by atoms with Crippen molar-refractivity contribution in [3.05, 3.63) is 39.5 Å². The molecule has 3 heterocycles. The second kappa shape index (κ2) is 2.90. The van der Waals surface area contributed by atoms with E-state index in [0.717, 1.165) is 15.4 Å². The molecule has 0 saturated heterocycles. The van der Waals surface area contributed by atoms with Crippen LogP contribution in [0.4, 0.5) is 0 Å². The SMILES string of the molecule is O=c1[nH]c2ncc(Br)cc2c2ccnn12. The summed E-state index contributed by atoms with van der Waals surface area (Å²) < 4.78 is 2.18. The molecule has 0 fully saturated rings. The highest BCUT2D eigenvalue weighted by atomic mass is 79.9. The fraction of sp³-hybridized carbons (Fsp3) is 0. The number of H-pyrrole nitrogens is 1. The van der Waals surface area contributed by atoms with E-state index in [4.69, 9.17) is 0 Å². The number of pyridine rings is 1. The number of nitrogens with one attached hydrogen (secondary N) is 1. The zero-order valence-electron chi connectivity index (χ0n) is 7.44. The maximum absolute atomic E-state index is 11.5. The van der Waals surface area contributed by atoms with Crippen LogP contribution in [0.25, 0.3) is 16.6 Å². The molecule has 6 heteroatoms. The molecular formula is C9H5BrN4O. The van der Waals surface area contributed by atoms with Crippen molar-refractivity contribution < 1.29 is 0 Å². The van der Waals surface area contributed by atoms with Crippen LogP contribution in [0.15, 0.2) is 33.8 Å². The molecule has 0 amide bonds. The lowest BCUT2D eigenvalue weighted by Gasteiger charge is -1.99. The third-order valence-electron chi connectivity index (χ3n) is 2.19. The van der Waals surface area contributed by atoms with Crippen LogP contribution in [0.3, 0.4) is 0 Å². The van der Waals surface area contributed by atoms with E-state index in [-0.39, 0.29) is 5.69 Å². The summed E-state index contributed by atoms with van der Waals surface area (Å²) in [4.78, 5) is 18.3. The predicted molar refractivity (Wildman–Crippen MR) is 58.8 cm³/mol. The van der Waals surface area contributed by atoms with Gasteiger partial charge in [0.25, 0.3) is 0 Å². The molecule has 0 atom stereocenters. The van der Waals surface area contributed by atoms with Crippen molar-refractivity contribution >= 4 is 32.5 Å². The molecule has 0 unspecified atom stereocenters. The first kappa shape index (κ1) is 8.60. The zero-order valence-corrected chi connectivity index (χ0v) is 9.02. The van der Waals surface area contributed by atoms with Crippen molar-refractivity contribution in [2.24, 2.45) is 0 Å². The van der Waals surface area contributed by atoms with Crippen molar-refractivity contribution in [3.63, 3.8) is 0 Å². The standard InChI is InChI=1S/C9H5BrN4O/c10-5-3-6-7-1-2-12-14(7)9(15)13-8(6)11-4-5/h1-4H,(H,11,13,15). The maximum atomic E-state index is 11.5. The number of hydrogen-bond donors (Lipinski definition) is 1. The number of hydrogen-bond acceptors (Lipinski definition) is 3. The molecule has 1 N–H and O–H groups in total. The van der Waals surface area contributed by atoms with Crippen molar-refractivity contribution in [3.8, 4) is 0 Å². The minimum absolute atomic E-state index is 0.280. The first-order valence-corrected chi connectivity index (χ1v) is 5.06.